The third-order valence-electron chi connectivity index (χ3n) is 3.12. The van der Waals surface area contributed by atoms with Crippen molar-refractivity contribution in [2.75, 3.05) is 6.61 Å². The van der Waals surface area contributed by atoms with Crippen molar-refractivity contribution in [1.29, 1.82) is 0 Å². The number of aliphatic hydroxyl groups excluding tert-OH is 1. The van der Waals surface area contributed by atoms with Crippen LogP contribution in [0.1, 0.15) is 22.3 Å². The highest BCUT2D eigenvalue weighted by molar-refractivity contribution is 5.38. The highest BCUT2D eigenvalue weighted by atomic mass is 16.5. The molecule has 20 heavy (non-hydrogen) atoms. The summed E-state index contributed by atoms with van der Waals surface area (Å²) in [6.07, 6.45) is 0. The summed E-state index contributed by atoms with van der Waals surface area (Å²) >= 11 is 0. The second-order valence-electron chi connectivity index (χ2n) is 4.70. The van der Waals surface area contributed by atoms with Gasteiger partial charge in [-0.1, -0.05) is 30.0 Å². The normalized spacial score (nSPS) is 9.75. The van der Waals surface area contributed by atoms with Crippen LogP contribution in [-0.2, 0) is 6.61 Å². The van der Waals surface area contributed by atoms with Crippen LogP contribution >= 0.6 is 0 Å². The molecule has 0 atom stereocenters. The van der Waals surface area contributed by atoms with Gasteiger partial charge in [0.25, 0.3) is 0 Å². The monoisotopic (exact) mass is 266 g/mol. The molecule has 0 fully saturated rings. The second kappa shape index (κ2) is 6.79. The SMILES string of the molecule is Cc1ccc(OCc2cccc(C#CCO)c2)cc1C. The van der Waals surface area contributed by atoms with E-state index in [1.165, 1.54) is 11.1 Å². The molecule has 102 valence electrons. The minimum Gasteiger partial charge on any atom is -0.489 e. The fourth-order valence-electron chi connectivity index (χ4n) is 1.85. The third-order valence-corrected chi connectivity index (χ3v) is 3.12. The average Bonchev–Trinajstić information content (AvgIpc) is 2.47. The van der Waals surface area contributed by atoms with Crippen molar-refractivity contribution in [2.45, 2.75) is 20.5 Å². The van der Waals surface area contributed by atoms with Crippen molar-refractivity contribution < 1.29 is 9.84 Å². The molecule has 2 rings (SSSR count). The molecule has 0 unspecified atom stereocenters. The van der Waals surface area contributed by atoms with E-state index in [2.05, 4.69) is 31.8 Å². The molecular weight excluding hydrogens is 248 g/mol. The molecule has 0 aliphatic rings. The highest BCUT2D eigenvalue weighted by Crippen LogP contribution is 2.18. The van der Waals surface area contributed by atoms with Gasteiger partial charge in [-0.2, -0.15) is 0 Å². The van der Waals surface area contributed by atoms with E-state index in [1.54, 1.807) is 0 Å². The molecule has 2 aromatic rings. The Hall–Kier alpha value is -2.24. The number of aryl methyl sites for hydroxylation is 2. The first-order valence-electron chi connectivity index (χ1n) is 6.58. The van der Waals surface area contributed by atoms with Gasteiger partial charge in [0, 0.05) is 5.56 Å². The van der Waals surface area contributed by atoms with Gasteiger partial charge in [0.1, 0.15) is 19.0 Å². The number of aliphatic hydroxyl groups is 1. The lowest BCUT2D eigenvalue weighted by atomic mass is 10.1. The molecule has 0 aliphatic heterocycles. The second-order valence-corrected chi connectivity index (χ2v) is 4.70. The minimum absolute atomic E-state index is 0.122. The minimum atomic E-state index is -0.122. The van der Waals surface area contributed by atoms with Crippen molar-refractivity contribution in [3.63, 3.8) is 0 Å². The summed E-state index contributed by atoms with van der Waals surface area (Å²) in [4.78, 5) is 0. The van der Waals surface area contributed by atoms with Crippen LogP contribution in [0.15, 0.2) is 42.5 Å². The van der Waals surface area contributed by atoms with E-state index >= 15 is 0 Å². The van der Waals surface area contributed by atoms with Crippen LogP contribution in [0, 0.1) is 25.7 Å². The summed E-state index contributed by atoms with van der Waals surface area (Å²) in [6.45, 7) is 4.55. The molecular formula is C18H18O2. The molecule has 0 saturated heterocycles. The molecule has 2 nitrogen and oxygen atoms in total. The van der Waals surface area contributed by atoms with Crippen LogP contribution < -0.4 is 4.74 Å². The van der Waals surface area contributed by atoms with Gasteiger partial charge in [-0.25, -0.2) is 0 Å². The Morgan fingerprint density at radius 1 is 1.05 bits per heavy atom. The van der Waals surface area contributed by atoms with E-state index < -0.39 is 0 Å². The van der Waals surface area contributed by atoms with Gasteiger partial charge in [0.15, 0.2) is 0 Å². The molecule has 0 amide bonds. The molecule has 0 spiro atoms. The molecule has 2 heteroatoms. The number of benzene rings is 2. The van der Waals surface area contributed by atoms with E-state index in [0.29, 0.717) is 6.61 Å². The van der Waals surface area contributed by atoms with Crippen LogP contribution in [0.3, 0.4) is 0 Å². The Balaban J connectivity index is 2.05. The largest absolute Gasteiger partial charge is 0.489 e. The lowest BCUT2D eigenvalue weighted by Crippen LogP contribution is -1.96. The summed E-state index contributed by atoms with van der Waals surface area (Å²) in [5, 5.41) is 8.70. The summed E-state index contributed by atoms with van der Waals surface area (Å²) < 4.78 is 5.79. The van der Waals surface area contributed by atoms with Crippen molar-refractivity contribution in [3.05, 3.63) is 64.7 Å². The fourth-order valence-corrected chi connectivity index (χ4v) is 1.85. The molecule has 0 saturated carbocycles. The van der Waals surface area contributed by atoms with Gasteiger partial charge < -0.3 is 9.84 Å². The molecule has 0 aromatic heterocycles. The predicted octanol–water partition coefficient (Wildman–Crippen LogP) is 3.23. The molecule has 1 N–H and O–H groups in total. The molecule has 0 bridgehead atoms. The molecule has 0 radical (unpaired) electrons. The maximum Gasteiger partial charge on any atom is 0.120 e. The standard InChI is InChI=1S/C18H18O2/c1-14-8-9-18(11-15(14)2)20-13-17-6-3-5-16(12-17)7-4-10-19/h3,5-6,8-9,11-12,19H,10,13H2,1-2H3. The van der Waals surface area contributed by atoms with Gasteiger partial charge in [-0.05, 0) is 54.8 Å². The van der Waals surface area contributed by atoms with Crippen molar-refractivity contribution in [3.8, 4) is 17.6 Å². The Bertz CT molecular complexity index is 648. The van der Waals surface area contributed by atoms with Gasteiger partial charge in [0.2, 0.25) is 0 Å². The summed E-state index contributed by atoms with van der Waals surface area (Å²) in [6, 6.07) is 13.9. The highest BCUT2D eigenvalue weighted by Gasteiger charge is 1.99. The zero-order valence-corrected chi connectivity index (χ0v) is 11.8. The fraction of sp³-hybridized carbons (Fsp3) is 0.222. The van der Waals surface area contributed by atoms with Gasteiger partial charge in [-0.3, -0.25) is 0 Å². The number of hydrogen-bond acceptors (Lipinski definition) is 2. The van der Waals surface area contributed by atoms with E-state index in [0.717, 1.165) is 16.9 Å². The number of rotatable bonds is 3. The summed E-state index contributed by atoms with van der Waals surface area (Å²) in [5.74, 6) is 6.41. The smallest absolute Gasteiger partial charge is 0.120 e. The average molecular weight is 266 g/mol. The quantitative estimate of drug-likeness (QED) is 0.864. The zero-order valence-electron chi connectivity index (χ0n) is 11.8. The molecule has 2 aromatic carbocycles. The first-order chi connectivity index (χ1) is 9.69. The van der Waals surface area contributed by atoms with Crippen molar-refractivity contribution in [2.24, 2.45) is 0 Å². The lowest BCUT2D eigenvalue weighted by Gasteiger charge is -2.08. The Kier molecular flexibility index (Phi) is 4.81. The van der Waals surface area contributed by atoms with Crippen LogP contribution in [0.2, 0.25) is 0 Å². The Morgan fingerprint density at radius 3 is 2.65 bits per heavy atom. The molecule has 0 heterocycles. The number of ether oxygens (including phenoxy) is 1. The van der Waals surface area contributed by atoms with Crippen molar-refractivity contribution >= 4 is 0 Å². The summed E-state index contributed by atoms with van der Waals surface area (Å²) in [5.41, 5.74) is 4.44. The van der Waals surface area contributed by atoms with Gasteiger partial charge in [-0.15, -0.1) is 0 Å². The topological polar surface area (TPSA) is 29.5 Å². The van der Waals surface area contributed by atoms with E-state index in [4.69, 9.17) is 9.84 Å². The van der Waals surface area contributed by atoms with Crippen LogP contribution in [-0.4, -0.2) is 11.7 Å². The van der Waals surface area contributed by atoms with Crippen LogP contribution in [0.4, 0.5) is 0 Å². The zero-order chi connectivity index (χ0) is 14.4. The molecule has 0 aliphatic carbocycles. The van der Waals surface area contributed by atoms with Gasteiger partial charge >= 0.3 is 0 Å². The first kappa shape index (κ1) is 14.2. The van der Waals surface area contributed by atoms with E-state index in [-0.39, 0.29) is 6.61 Å². The third kappa shape index (κ3) is 3.88. The number of hydrogen-bond donors (Lipinski definition) is 1. The maximum absolute atomic E-state index is 8.70. The predicted molar refractivity (Wildman–Crippen MR) is 80.7 cm³/mol. The summed E-state index contributed by atoms with van der Waals surface area (Å²) in [7, 11) is 0. The first-order valence-corrected chi connectivity index (χ1v) is 6.58. The van der Waals surface area contributed by atoms with Crippen LogP contribution in [0.5, 0.6) is 5.75 Å². The van der Waals surface area contributed by atoms with E-state index in [1.807, 2.05) is 36.4 Å². The van der Waals surface area contributed by atoms with Gasteiger partial charge in [0.05, 0.1) is 0 Å². The van der Waals surface area contributed by atoms with E-state index in [9.17, 15) is 0 Å². The lowest BCUT2D eigenvalue weighted by molar-refractivity contribution is 0.306. The Labute approximate surface area is 120 Å². The van der Waals surface area contributed by atoms with Crippen molar-refractivity contribution in [1.82, 2.24) is 0 Å². The Morgan fingerprint density at radius 2 is 1.90 bits per heavy atom. The maximum atomic E-state index is 8.70. The van der Waals surface area contributed by atoms with Crippen LogP contribution in [0.25, 0.3) is 0 Å².